The van der Waals surface area contributed by atoms with E-state index in [-0.39, 0.29) is 29.1 Å². The molecule has 4 rings (SSSR count). The largest absolute Gasteiger partial charge is 0.411 e. The molecule has 1 aliphatic carbocycles. The van der Waals surface area contributed by atoms with Crippen molar-refractivity contribution in [1.29, 1.82) is 0 Å². The van der Waals surface area contributed by atoms with Gasteiger partial charge in [-0.1, -0.05) is 24.3 Å². The van der Waals surface area contributed by atoms with Gasteiger partial charge in [-0.25, -0.2) is 0 Å². The number of fused-ring (bicyclic) bond motifs is 1. The van der Waals surface area contributed by atoms with Crippen LogP contribution in [0.3, 0.4) is 0 Å². The first-order valence-corrected chi connectivity index (χ1v) is 11.2. The molecule has 2 unspecified atom stereocenters. The number of likely N-dealkylation sites (tertiary alicyclic amines) is 1. The maximum absolute atomic E-state index is 12.9. The molecule has 7 heteroatoms. The second kappa shape index (κ2) is 8.66. The molecule has 1 aromatic carbocycles. The predicted molar refractivity (Wildman–Crippen MR) is 110 cm³/mol. The number of nitrogens with one attached hydrogen (secondary N) is 1. The Labute approximate surface area is 169 Å². The Hall–Kier alpha value is -1.86. The fourth-order valence-corrected chi connectivity index (χ4v) is 5.86. The van der Waals surface area contributed by atoms with Crippen LogP contribution in [0.25, 0.3) is 0 Å². The quantitative estimate of drug-likeness (QED) is 0.434. The van der Waals surface area contributed by atoms with Gasteiger partial charge in [-0.2, -0.15) is 0 Å². The van der Waals surface area contributed by atoms with E-state index in [4.69, 9.17) is 5.21 Å². The lowest BCUT2D eigenvalue weighted by Crippen LogP contribution is -2.47. The molecule has 1 amide bonds. The molecule has 6 nitrogen and oxygen atoms in total. The van der Waals surface area contributed by atoms with Crippen LogP contribution in [0.2, 0.25) is 0 Å². The SMILES string of the molecule is O=C(C1NC(C=NO)CS1)[C@H]1CCCN1C(=O)CCC1Cc2ccccc2C1. The molecule has 2 saturated heterocycles. The maximum atomic E-state index is 12.9. The Bertz CT molecular complexity index is 744. The smallest absolute Gasteiger partial charge is 0.223 e. The van der Waals surface area contributed by atoms with E-state index in [0.29, 0.717) is 24.6 Å². The zero-order valence-corrected chi connectivity index (χ0v) is 16.7. The van der Waals surface area contributed by atoms with Crippen molar-refractivity contribution >= 4 is 29.7 Å². The molecule has 0 radical (unpaired) electrons. The first-order valence-electron chi connectivity index (χ1n) is 10.1. The molecule has 0 bridgehead atoms. The van der Waals surface area contributed by atoms with E-state index in [2.05, 4.69) is 34.7 Å². The van der Waals surface area contributed by atoms with Crippen molar-refractivity contribution in [3.63, 3.8) is 0 Å². The molecular weight excluding hydrogens is 374 g/mol. The number of hydrogen-bond acceptors (Lipinski definition) is 6. The maximum Gasteiger partial charge on any atom is 0.223 e. The van der Waals surface area contributed by atoms with Gasteiger partial charge in [0.25, 0.3) is 0 Å². The third kappa shape index (κ3) is 4.10. The van der Waals surface area contributed by atoms with Crippen LogP contribution in [0.4, 0.5) is 0 Å². The molecule has 1 aromatic rings. The number of oxime groups is 1. The molecule has 2 N–H and O–H groups in total. The molecule has 2 heterocycles. The molecular formula is C21H27N3O3S. The summed E-state index contributed by atoms with van der Waals surface area (Å²) in [6, 6.07) is 8.12. The summed E-state index contributed by atoms with van der Waals surface area (Å²) >= 11 is 1.52. The van der Waals surface area contributed by atoms with Crippen LogP contribution in [-0.4, -0.2) is 57.8 Å². The second-order valence-electron chi connectivity index (χ2n) is 7.98. The predicted octanol–water partition coefficient (Wildman–Crippen LogP) is 2.23. The Kier molecular flexibility index (Phi) is 6.01. The van der Waals surface area contributed by atoms with Crippen LogP contribution >= 0.6 is 11.8 Å². The van der Waals surface area contributed by atoms with Gasteiger partial charge in [0, 0.05) is 18.7 Å². The summed E-state index contributed by atoms with van der Waals surface area (Å²) in [5, 5.41) is 14.6. The summed E-state index contributed by atoms with van der Waals surface area (Å²) in [4.78, 5) is 27.6. The third-order valence-corrected chi connectivity index (χ3v) is 7.37. The lowest BCUT2D eigenvalue weighted by atomic mass is 9.99. The van der Waals surface area contributed by atoms with Crippen molar-refractivity contribution in [3.05, 3.63) is 35.4 Å². The van der Waals surface area contributed by atoms with Gasteiger partial charge < -0.3 is 10.1 Å². The Morgan fingerprint density at radius 2 is 2.04 bits per heavy atom. The van der Waals surface area contributed by atoms with Gasteiger partial charge in [0.1, 0.15) is 5.37 Å². The molecule has 3 atom stereocenters. The van der Waals surface area contributed by atoms with E-state index in [1.807, 2.05) is 0 Å². The number of ketones is 1. The van der Waals surface area contributed by atoms with E-state index < -0.39 is 0 Å². The van der Waals surface area contributed by atoms with Gasteiger partial charge in [-0.3, -0.25) is 14.9 Å². The number of carbonyl (C=O) groups excluding carboxylic acids is 2. The number of rotatable bonds is 6. The third-order valence-electron chi connectivity index (χ3n) is 6.12. The fourth-order valence-electron chi connectivity index (χ4n) is 4.68. The molecule has 150 valence electrons. The highest BCUT2D eigenvalue weighted by atomic mass is 32.2. The highest BCUT2D eigenvalue weighted by molar-refractivity contribution is 8.00. The molecule has 3 aliphatic rings. The molecule has 0 saturated carbocycles. The summed E-state index contributed by atoms with van der Waals surface area (Å²) < 4.78 is 0. The van der Waals surface area contributed by atoms with Gasteiger partial charge in [-0.05, 0) is 49.1 Å². The summed E-state index contributed by atoms with van der Waals surface area (Å²) in [5.41, 5.74) is 2.83. The van der Waals surface area contributed by atoms with Gasteiger partial charge in [-0.15, -0.1) is 16.9 Å². The summed E-state index contributed by atoms with van der Waals surface area (Å²) in [5.74, 6) is 1.42. The topological polar surface area (TPSA) is 82.0 Å². The minimum Gasteiger partial charge on any atom is -0.411 e. The van der Waals surface area contributed by atoms with Crippen molar-refractivity contribution in [3.8, 4) is 0 Å². The number of Topliss-reactive ketones (excluding diaryl/α,β-unsaturated/α-hetero) is 1. The van der Waals surface area contributed by atoms with E-state index in [0.717, 1.165) is 32.1 Å². The fraction of sp³-hybridized carbons (Fsp3) is 0.571. The van der Waals surface area contributed by atoms with Crippen LogP contribution in [0.1, 0.15) is 36.8 Å². The number of hydrogen-bond donors (Lipinski definition) is 2. The highest BCUT2D eigenvalue weighted by Gasteiger charge is 2.40. The number of amides is 1. The molecule has 28 heavy (non-hydrogen) atoms. The Balaban J connectivity index is 1.30. The molecule has 0 spiro atoms. The summed E-state index contributed by atoms with van der Waals surface area (Å²) in [6.45, 7) is 0.680. The van der Waals surface area contributed by atoms with Crippen LogP contribution in [0, 0.1) is 5.92 Å². The van der Waals surface area contributed by atoms with Gasteiger partial charge in [0.2, 0.25) is 5.91 Å². The Morgan fingerprint density at radius 3 is 2.75 bits per heavy atom. The lowest BCUT2D eigenvalue weighted by Gasteiger charge is -2.26. The number of carbonyl (C=O) groups is 2. The Morgan fingerprint density at radius 1 is 1.29 bits per heavy atom. The van der Waals surface area contributed by atoms with Crippen LogP contribution < -0.4 is 5.32 Å². The van der Waals surface area contributed by atoms with Crippen molar-refractivity contribution in [2.24, 2.45) is 11.1 Å². The number of benzene rings is 1. The monoisotopic (exact) mass is 401 g/mol. The summed E-state index contributed by atoms with van der Waals surface area (Å²) in [6.07, 6.45) is 6.57. The zero-order valence-electron chi connectivity index (χ0n) is 15.9. The first kappa shape index (κ1) is 19.5. The molecule has 0 aromatic heterocycles. The van der Waals surface area contributed by atoms with Crippen molar-refractivity contribution < 1.29 is 14.8 Å². The van der Waals surface area contributed by atoms with Crippen LogP contribution in [0.15, 0.2) is 29.4 Å². The number of nitrogens with zero attached hydrogens (tertiary/aromatic N) is 2. The zero-order chi connectivity index (χ0) is 19.5. The molecule has 2 fully saturated rings. The van der Waals surface area contributed by atoms with E-state index >= 15 is 0 Å². The van der Waals surface area contributed by atoms with E-state index in [9.17, 15) is 9.59 Å². The first-order chi connectivity index (χ1) is 13.7. The lowest BCUT2D eigenvalue weighted by molar-refractivity contribution is -0.137. The van der Waals surface area contributed by atoms with Gasteiger partial charge in [0.05, 0.1) is 18.3 Å². The average Bonchev–Trinajstić information content (AvgIpc) is 3.44. The highest BCUT2D eigenvalue weighted by Crippen LogP contribution is 2.31. The van der Waals surface area contributed by atoms with Gasteiger partial charge >= 0.3 is 0 Å². The van der Waals surface area contributed by atoms with Crippen LogP contribution in [-0.2, 0) is 22.4 Å². The normalized spacial score (nSPS) is 27.6. The van der Waals surface area contributed by atoms with Crippen LogP contribution in [0.5, 0.6) is 0 Å². The van der Waals surface area contributed by atoms with E-state index in [1.165, 1.54) is 29.1 Å². The minimum atomic E-state index is -0.328. The summed E-state index contributed by atoms with van der Waals surface area (Å²) in [7, 11) is 0. The minimum absolute atomic E-state index is 0.0814. The van der Waals surface area contributed by atoms with Crippen molar-refractivity contribution in [2.75, 3.05) is 12.3 Å². The van der Waals surface area contributed by atoms with Gasteiger partial charge in [0.15, 0.2) is 5.78 Å². The average molecular weight is 402 g/mol. The van der Waals surface area contributed by atoms with Crippen molar-refractivity contribution in [2.45, 2.75) is 56.0 Å². The second-order valence-corrected chi connectivity index (χ2v) is 9.12. The standard InChI is InChI=1S/C21H27N3O3S/c25-19(8-7-14-10-15-4-1-2-5-16(15)11-14)24-9-3-6-18(24)20(26)21-23-17(12-22-27)13-28-21/h1-2,4-5,12,14,17-18,21,23,27H,3,6-11,13H2/t17?,18-,21?/m1/s1. The molecule has 2 aliphatic heterocycles. The van der Waals surface area contributed by atoms with Crippen molar-refractivity contribution in [1.82, 2.24) is 10.2 Å². The van der Waals surface area contributed by atoms with E-state index in [1.54, 1.807) is 4.90 Å². The number of thioether (sulfide) groups is 1.